The number of pyridine rings is 1. The van der Waals surface area contributed by atoms with Gasteiger partial charge in [-0.25, -0.2) is 9.78 Å². The summed E-state index contributed by atoms with van der Waals surface area (Å²) in [4.78, 5) is 30.8. The maximum atomic E-state index is 11.9. The lowest BCUT2D eigenvalue weighted by Gasteiger charge is -2.07. The van der Waals surface area contributed by atoms with Crippen molar-refractivity contribution in [3.63, 3.8) is 0 Å². The number of carboxylic acid groups (broad SMARTS) is 1. The molecule has 0 aliphatic heterocycles. The Labute approximate surface area is 114 Å². The number of carbonyl (C=O) groups is 1. The number of carboxylic acids is 1. The van der Waals surface area contributed by atoms with Gasteiger partial charge in [0.15, 0.2) is 5.82 Å². The third-order valence-corrected chi connectivity index (χ3v) is 2.75. The van der Waals surface area contributed by atoms with E-state index in [4.69, 9.17) is 5.11 Å². The smallest absolute Gasteiger partial charge is 0.335 e. The molecule has 0 bridgehead atoms. The first-order valence-corrected chi connectivity index (χ1v) is 6.09. The topological polar surface area (TPSA) is 97.1 Å². The van der Waals surface area contributed by atoms with Crippen LogP contribution in [0.3, 0.4) is 0 Å². The zero-order valence-corrected chi connectivity index (χ0v) is 10.9. The van der Waals surface area contributed by atoms with Gasteiger partial charge in [-0.1, -0.05) is 0 Å². The molecule has 0 aromatic carbocycles. The van der Waals surface area contributed by atoms with Crippen LogP contribution in [0.4, 0.5) is 5.82 Å². The molecule has 2 aromatic rings. The molecule has 0 saturated carbocycles. The summed E-state index contributed by atoms with van der Waals surface area (Å²) in [6.45, 7) is 2.66. The van der Waals surface area contributed by atoms with Crippen LogP contribution in [0.1, 0.15) is 23.0 Å². The van der Waals surface area contributed by atoms with Gasteiger partial charge in [0.2, 0.25) is 0 Å². The summed E-state index contributed by atoms with van der Waals surface area (Å²) in [5.41, 5.74) is 0.464. The molecule has 0 atom stereocenters. The molecule has 0 fully saturated rings. The molecule has 2 N–H and O–H groups in total. The van der Waals surface area contributed by atoms with Gasteiger partial charge in [-0.15, -0.1) is 0 Å². The summed E-state index contributed by atoms with van der Waals surface area (Å²) in [5, 5.41) is 11.8. The Morgan fingerprint density at radius 1 is 1.40 bits per heavy atom. The Bertz CT molecular complexity index is 681. The quantitative estimate of drug-likeness (QED) is 0.843. The first kappa shape index (κ1) is 13.7. The molecule has 20 heavy (non-hydrogen) atoms. The molecule has 2 rings (SSSR count). The molecule has 2 heterocycles. The van der Waals surface area contributed by atoms with E-state index in [1.54, 1.807) is 6.20 Å². The number of nitrogens with one attached hydrogen (secondary N) is 1. The van der Waals surface area contributed by atoms with E-state index < -0.39 is 5.97 Å². The van der Waals surface area contributed by atoms with Gasteiger partial charge in [0.1, 0.15) is 0 Å². The largest absolute Gasteiger partial charge is 0.478 e. The second kappa shape index (κ2) is 5.96. The molecule has 2 aromatic heterocycles. The van der Waals surface area contributed by atoms with Crippen LogP contribution in [0.25, 0.3) is 0 Å². The van der Waals surface area contributed by atoms with Crippen LogP contribution in [0.5, 0.6) is 0 Å². The minimum absolute atomic E-state index is 0.156. The van der Waals surface area contributed by atoms with Crippen molar-refractivity contribution in [1.29, 1.82) is 0 Å². The molecule has 0 amide bonds. The fourth-order valence-corrected chi connectivity index (χ4v) is 1.70. The zero-order chi connectivity index (χ0) is 14.5. The van der Waals surface area contributed by atoms with Crippen LogP contribution >= 0.6 is 0 Å². The number of aromatic nitrogens is 3. The zero-order valence-electron chi connectivity index (χ0n) is 10.9. The fourth-order valence-electron chi connectivity index (χ4n) is 1.70. The first-order valence-electron chi connectivity index (χ1n) is 6.09. The predicted molar refractivity (Wildman–Crippen MR) is 72.7 cm³/mol. The highest BCUT2D eigenvalue weighted by atomic mass is 16.4. The van der Waals surface area contributed by atoms with Gasteiger partial charge in [0, 0.05) is 25.1 Å². The Balaban J connectivity index is 2.15. The predicted octanol–water partition coefficient (Wildman–Crippen LogP) is 0.968. The Morgan fingerprint density at radius 3 is 2.90 bits per heavy atom. The van der Waals surface area contributed by atoms with Gasteiger partial charge < -0.3 is 15.0 Å². The number of rotatable bonds is 5. The van der Waals surface area contributed by atoms with Crippen molar-refractivity contribution in [2.24, 2.45) is 0 Å². The van der Waals surface area contributed by atoms with Gasteiger partial charge >= 0.3 is 5.97 Å². The van der Waals surface area contributed by atoms with Gasteiger partial charge in [-0.3, -0.25) is 9.78 Å². The monoisotopic (exact) mass is 274 g/mol. The van der Waals surface area contributed by atoms with Crippen molar-refractivity contribution in [3.05, 3.63) is 52.3 Å². The molecule has 7 heteroatoms. The average molecular weight is 274 g/mol. The highest BCUT2D eigenvalue weighted by Gasteiger charge is 2.06. The molecule has 0 unspecified atom stereocenters. The number of anilines is 1. The van der Waals surface area contributed by atoms with Crippen LogP contribution in [0.2, 0.25) is 0 Å². The Morgan fingerprint density at radius 2 is 2.20 bits per heavy atom. The summed E-state index contributed by atoms with van der Waals surface area (Å²) in [6.07, 6.45) is 4.56. The van der Waals surface area contributed by atoms with E-state index in [1.165, 1.54) is 29.1 Å². The summed E-state index contributed by atoms with van der Waals surface area (Å²) in [6, 6.07) is 2.87. The van der Waals surface area contributed by atoms with Gasteiger partial charge in [0.25, 0.3) is 5.56 Å². The number of aryl methyl sites for hydroxylation is 1. The van der Waals surface area contributed by atoms with Crippen molar-refractivity contribution in [3.8, 4) is 0 Å². The van der Waals surface area contributed by atoms with E-state index in [0.29, 0.717) is 12.2 Å². The molecule has 0 aliphatic carbocycles. The highest BCUT2D eigenvalue weighted by Crippen LogP contribution is 2.04. The number of hydrogen-bond acceptors (Lipinski definition) is 5. The summed E-state index contributed by atoms with van der Waals surface area (Å²) in [7, 11) is 0. The van der Waals surface area contributed by atoms with Gasteiger partial charge in [0.05, 0.1) is 17.8 Å². The number of hydrogen-bond donors (Lipinski definition) is 2. The van der Waals surface area contributed by atoms with Crippen LogP contribution in [-0.2, 0) is 13.1 Å². The van der Waals surface area contributed by atoms with E-state index >= 15 is 0 Å². The van der Waals surface area contributed by atoms with E-state index in [1.807, 2.05) is 6.92 Å². The molecule has 0 saturated heterocycles. The summed E-state index contributed by atoms with van der Waals surface area (Å²) in [5.74, 6) is -0.795. The van der Waals surface area contributed by atoms with E-state index in [-0.39, 0.29) is 23.5 Å². The van der Waals surface area contributed by atoms with Crippen molar-refractivity contribution in [2.45, 2.75) is 20.0 Å². The fraction of sp³-hybridized carbons (Fsp3) is 0.231. The third kappa shape index (κ3) is 3.00. The highest BCUT2D eigenvalue weighted by molar-refractivity contribution is 5.87. The maximum absolute atomic E-state index is 11.9. The van der Waals surface area contributed by atoms with Gasteiger partial charge in [-0.2, -0.15) is 0 Å². The minimum Gasteiger partial charge on any atom is -0.478 e. The Hall–Kier alpha value is -2.70. The first-order chi connectivity index (χ1) is 9.61. The average Bonchev–Trinajstić information content (AvgIpc) is 2.46. The van der Waals surface area contributed by atoms with Gasteiger partial charge in [-0.05, 0) is 19.1 Å². The Kier molecular flexibility index (Phi) is 4.09. The second-order valence-corrected chi connectivity index (χ2v) is 4.06. The minimum atomic E-state index is -1.01. The van der Waals surface area contributed by atoms with Crippen LogP contribution in [0, 0.1) is 0 Å². The molecule has 7 nitrogen and oxygen atoms in total. The van der Waals surface area contributed by atoms with E-state index in [2.05, 4.69) is 15.3 Å². The van der Waals surface area contributed by atoms with Crippen molar-refractivity contribution >= 4 is 11.8 Å². The number of nitrogens with zero attached hydrogens (tertiary/aromatic N) is 3. The summed E-state index contributed by atoms with van der Waals surface area (Å²) >= 11 is 0. The van der Waals surface area contributed by atoms with Crippen LogP contribution in [0.15, 0.2) is 35.5 Å². The number of aromatic carboxylic acids is 1. The van der Waals surface area contributed by atoms with Crippen LogP contribution in [-0.4, -0.2) is 25.6 Å². The lowest BCUT2D eigenvalue weighted by molar-refractivity contribution is 0.0696. The normalized spacial score (nSPS) is 10.2. The molecular weight excluding hydrogens is 260 g/mol. The van der Waals surface area contributed by atoms with Crippen LogP contribution < -0.4 is 10.9 Å². The molecular formula is C13H14N4O3. The standard InChI is InChI=1S/C13H14N4O3/c1-2-17-6-5-15-11(12(17)18)16-8-10-7-9(13(19)20)3-4-14-10/h3-7H,2,8H2,1H3,(H,15,16)(H,19,20). The lowest BCUT2D eigenvalue weighted by Crippen LogP contribution is -2.23. The molecule has 0 radical (unpaired) electrons. The molecule has 0 spiro atoms. The summed E-state index contributed by atoms with van der Waals surface area (Å²) < 4.78 is 1.52. The van der Waals surface area contributed by atoms with Crippen molar-refractivity contribution < 1.29 is 9.90 Å². The molecule has 104 valence electrons. The molecule has 0 aliphatic rings. The SMILES string of the molecule is CCn1ccnc(NCc2cc(C(=O)O)ccn2)c1=O. The maximum Gasteiger partial charge on any atom is 0.335 e. The van der Waals surface area contributed by atoms with E-state index in [9.17, 15) is 9.59 Å². The lowest BCUT2D eigenvalue weighted by atomic mass is 10.2. The third-order valence-electron chi connectivity index (χ3n) is 2.75. The van der Waals surface area contributed by atoms with Crippen molar-refractivity contribution in [1.82, 2.24) is 14.5 Å². The van der Waals surface area contributed by atoms with E-state index in [0.717, 1.165) is 0 Å². The second-order valence-electron chi connectivity index (χ2n) is 4.06. The van der Waals surface area contributed by atoms with Crippen molar-refractivity contribution in [2.75, 3.05) is 5.32 Å².